The molecule has 0 bridgehead atoms. The number of thiophene rings is 1. The van der Waals surface area contributed by atoms with Gasteiger partial charge in [0.15, 0.2) is 0 Å². The van der Waals surface area contributed by atoms with E-state index in [0.29, 0.717) is 32.5 Å². The van der Waals surface area contributed by atoms with Crippen LogP contribution >= 0.6 is 22.9 Å². The molecule has 11 heteroatoms. The second-order valence-electron chi connectivity index (χ2n) is 8.39. The van der Waals surface area contributed by atoms with Crippen LogP contribution in [-0.4, -0.2) is 26.5 Å². The molecule has 1 amide bonds. The van der Waals surface area contributed by atoms with E-state index in [1.807, 2.05) is 24.3 Å². The van der Waals surface area contributed by atoms with E-state index in [9.17, 15) is 18.0 Å². The number of anilines is 1. The molecule has 2 N–H and O–H groups in total. The average Bonchev–Trinajstić information content (AvgIpc) is 3.31. The van der Waals surface area contributed by atoms with Gasteiger partial charge in [-0.2, -0.15) is 5.10 Å². The molecule has 0 aliphatic carbocycles. The molecule has 5 rings (SSSR count). The Hall–Kier alpha value is -4.51. The second-order valence-corrected chi connectivity index (χ2v) is 11.5. The summed E-state index contributed by atoms with van der Waals surface area (Å²) in [7, 11) is -3.73. The number of rotatable bonds is 8. The van der Waals surface area contributed by atoms with Crippen LogP contribution in [0.4, 0.5) is 5.69 Å². The molecule has 0 spiro atoms. The Balaban J connectivity index is 1.15. The maximum absolute atomic E-state index is 12.6. The van der Waals surface area contributed by atoms with Crippen LogP contribution in [0.3, 0.4) is 0 Å². The molecule has 5 aromatic rings. The maximum Gasteiger partial charge on any atom is 0.355 e. The zero-order valence-electron chi connectivity index (χ0n) is 20.6. The molecule has 0 atom stereocenters. The van der Waals surface area contributed by atoms with Crippen LogP contribution < -0.4 is 14.9 Å². The Bertz CT molecular complexity index is 1820. The van der Waals surface area contributed by atoms with Crippen molar-refractivity contribution in [1.82, 2.24) is 5.43 Å². The van der Waals surface area contributed by atoms with Crippen LogP contribution in [0.5, 0.6) is 5.75 Å². The van der Waals surface area contributed by atoms with Crippen LogP contribution in [-0.2, 0) is 10.0 Å². The standard InChI is InChI=1S/C29H20ClN3O5S2/c30-26-24-8-4-5-9-25(24)39-27(26)29(35)38-22-16-10-19(11-17-22)18-31-32-28(34)20-12-14-21(15-13-20)33-40(36,37)23-6-2-1-3-7-23/h1-18,33H,(H,32,34). The van der Waals surface area contributed by atoms with Crippen LogP contribution in [0.1, 0.15) is 25.6 Å². The minimum Gasteiger partial charge on any atom is -0.422 e. The molecule has 0 fully saturated rings. The number of benzene rings is 4. The molecule has 8 nitrogen and oxygen atoms in total. The Kier molecular flexibility index (Phi) is 7.92. The third-order valence-corrected chi connectivity index (χ3v) is 8.70. The fourth-order valence-corrected chi connectivity index (χ4v) is 6.12. The van der Waals surface area contributed by atoms with E-state index in [1.165, 1.54) is 53.9 Å². The number of esters is 1. The number of halogens is 1. The first-order chi connectivity index (χ1) is 19.3. The highest BCUT2D eigenvalue weighted by Crippen LogP contribution is 2.35. The van der Waals surface area contributed by atoms with Crippen LogP contribution in [0, 0.1) is 0 Å². The van der Waals surface area contributed by atoms with Crippen molar-refractivity contribution in [2.24, 2.45) is 5.10 Å². The van der Waals surface area contributed by atoms with Gasteiger partial charge in [-0.3, -0.25) is 9.52 Å². The number of carbonyl (C=O) groups is 2. The predicted octanol–water partition coefficient (Wildman–Crippen LogP) is 6.34. The van der Waals surface area contributed by atoms with Gasteiger partial charge in [0, 0.05) is 21.3 Å². The molecular weight excluding hydrogens is 570 g/mol. The van der Waals surface area contributed by atoms with Gasteiger partial charge in [0.25, 0.3) is 15.9 Å². The number of carbonyl (C=O) groups excluding carboxylic acids is 2. The third kappa shape index (κ3) is 6.20. The summed E-state index contributed by atoms with van der Waals surface area (Å²) in [6.07, 6.45) is 1.44. The van der Waals surface area contributed by atoms with Crippen molar-refractivity contribution in [3.8, 4) is 5.75 Å². The molecule has 4 aromatic carbocycles. The highest BCUT2D eigenvalue weighted by Gasteiger charge is 2.19. The summed E-state index contributed by atoms with van der Waals surface area (Å²) in [5, 5.41) is 5.13. The monoisotopic (exact) mass is 589 g/mol. The molecule has 0 unspecified atom stereocenters. The van der Waals surface area contributed by atoms with Crippen LogP contribution in [0.15, 0.2) is 113 Å². The normalized spacial score (nSPS) is 11.4. The molecular formula is C29H20ClN3O5S2. The van der Waals surface area contributed by atoms with Gasteiger partial charge in [-0.1, -0.05) is 48.0 Å². The minimum absolute atomic E-state index is 0.137. The summed E-state index contributed by atoms with van der Waals surface area (Å²) in [5.41, 5.74) is 3.69. The van der Waals surface area contributed by atoms with Crippen molar-refractivity contribution in [3.63, 3.8) is 0 Å². The third-order valence-electron chi connectivity index (χ3n) is 5.64. The lowest BCUT2D eigenvalue weighted by Crippen LogP contribution is -2.18. The lowest BCUT2D eigenvalue weighted by molar-refractivity contribution is 0.0739. The summed E-state index contributed by atoms with van der Waals surface area (Å²) in [6, 6.07) is 28.0. The van der Waals surface area contributed by atoms with E-state index >= 15 is 0 Å². The topological polar surface area (TPSA) is 114 Å². The van der Waals surface area contributed by atoms with E-state index in [4.69, 9.17) is 16.3 Å². The van der Waals surface area contributed by atoms with Gasteiger partial charge in [0.1, 0.15) is 10.6 Å². The number of amides is 1. The number of nitrogens with one attached hydrogen (secondary N) is 2. The molecule has 0 radical (unpaired) electrons. The van der Waals surface area contributed by atoms with Gasteiger partial charge in [-0.05, 0) is 72.3 Å². The van der Waals surface area contributed by atoms with Gasteiger partial charge in [-0.15, -0.1) is 11.3 Å². The first-order valence-corrected chi connectivity index (χ1v) is 14.5. The summed E-state index contributed by atoms with van der Waals surface area (Å²) in [6.45, 7) is 0. The van der Waals surface area contributed by atoms with E-state index in [-0.39, 0.29) is 4.90 Å². The zero-order chi connectivity index (χ0) is 28.1. The highest BCUT2D eigenvalue weighted by molar-refractivity contribution is 7.92. The lowest BCUT2D eigenvalue weighted by atomic mass is 10.2. The maximum atomic E-state index is 12.6. The van der Waals surface area contributed by atoms with Gasteiger partial charge in [-0.25, -0.2) is 18.6 Å². The molecule has 40 heavy (non-hydrogen) atoms. The van der Waals surface area contributed by atoms with Crippen LogP contribution in [0.2, 0.25) is 5.02 Å². The summed E-state index contributed by atoms with van der Waals surface area (Å²) >= 11 is 7.63. The number of sulfonamides is 1. The summed E-state index contributed by atoms with van der Waals surface area (Å²) in [5.74, 6) is -0.680. The highest BCUT2D eigenvalue weighted by atomic mass is 35.5. The van der Waals surface area contributed by atoms with Crippen molar-refractivity contribution in [1.29, 1.82) is 0 Å². The number of nitrogens with zero attached hydrogens (tertiary/aromatic N) is 1. The van der Waals surface area contributed by atoms with E-state index in [0.717, 1.165) is 10.1 Å². The fourth-order valence-electron chi connectivity index (χ4n) is 3.65. The molecule has 0 aliphatic heterocycles. The smallest absolute Gasteiger partial charge is 0.355 e. The van der Waals surface area contributed by atoms with E-state index in [1.54, 1.807) is 42.5 Å². The number of fused-ring (bicyclic) bond motifs is 1. The summed E-state index contributed by atoms with van der Waals surface area (Å²) < 4.78 is 33.7. The molecule has 0 saturated heterocycles. The fraction of sp³-hybridized carbons (Fsp3) is 0. The quantitative estimate of drug-likeness (QED) is 0.0949. The first-order valence-electron chi connectivity index (χ1n) is 11.8. The largest absolute Gasteiger partial charge is 0.422 e. The molecule has 200 valence electrons. The first kappa shape index (κ1) is 27.1. The minimum atomic E-state index is -3.73. The van der Waals surface area contributed by atoms with Gasteiger partial charge in [0.2, 0.25) is 0 Å². The van der Waals surface area contributed by atoms with Gasteiger partial charge in [0.05, 0.1) is 16.1 Å². The number of ether oxygens (including phenoxy) is 1. The number of hydrazone groups is 1. The van der Waals surface area contributed by atoms with Gasteiger partial charge < -0.3 is 4.74 Å². The van der Waals surface area contributed by atoms with Crippen molar-refractivity contribution in [2.45, 2.75) is 4.90 Å². The Morgan fingerprint density at radius 1 is 0.850 bits per heavy atom. The molecule has 1 heterocycles. The van der Waals surface area contributed by atoms with Crippen LogP contribution in [0.25, 0.3) is 10.1 Å². The molecule has 0 saturated carbocycles. The Labute approximate surface area is 238 Å². The summed E-state index contributed by atoms with van der Waals surface area (Å²) in [4.78, 5) is 25.5. The lowest BCUT2D eigenvalue weighted by Gasteiger charge is -2.08. The number of hydrogen-bond acceptors (Lipinski definition) is 7. The van der Waals surface area contributed by atoms with Crippen molar-refractivity contribution in [2.75, 3.05) is 4.72 Å². The van der Waals surface area contributed by atoms with Gasteiger partial charge >= 0.3 is 5.97 Å². The average molecular weight is 590 g/mol. The Morgan fingerprint density at radius 3 is 2.23 bits per heavy atom. The zero-order valence-corrected chi connectivity index (χ0v) is 23.0. The van der Waals surface area contributed by atoms with Crippen molar-refractivity contribution in [3.05, 3.63) is 124 Å². The number of hydrogen-bond donors (Lipinski definition) is 2. The van der Waals surface area contributed by atoms with E-state index < -0.39 is 21.9 Å². The predicted molar refractivity (Wildman–Crippen MR) is 157 cm³/mol. The van der Waals surface area contributed by atoms with E-state index in [2.05, 4.69) is 15.2 Å². The Morgan fingerprint density at radius 2 is 1.52 bits per heavy atom. The molecule has 0 aliphatic rings. The molecule has 1 aromatic heterocycles. The van der Waals surface area contributed by atoms with Crippen molar-refractivity contribution >= 4 is 66.8 Å². The van der Waals surface area contributed by atoms with Crippen molar-refractivity contribution < 1.29 is 22.7 Å². The SMILES string of the molecule is O=C(NN=Cc1ccc(OC(=O)c2sc3ccccc3c2Cl)cc1)c1ccc(NS(=O)(=O)c2ccccc2)cc1. The second kappa shape index (κ2) is 11.7.